The van der Waals surface area contributed by atoms with Gasteiger partial charge in [-0.1, -0.05) is 11.6 Å². The van der Waals surface area contributed by atoms with Gasteiger partial charge in [0.2, 0.25) is 5.71 Å². The molecular weight excluding hydrogens is 244 g/mol. The van der Waals surface area contributed by atoms with E-state index in [0.717, 1.165) is 5.39 Å². The van der Waals surface area contributed by atoms with Gasteiger partial charge in [0.1, 0.15) is 11.8 Å². The minimum Gasteiger partial charge on any atom is -0.438 e. The molecule has 17 heavy (non-hydrogen) atoms. The summed E-state index contributed by atoms with van der Waals surface area (Å²) in [5.74, 6) is 0. The average molecular weight is 249 g/mol. The fourth-order valence-electron chi connectivity index (χ4n) is 1.72. The maximum atomic E-state index is 10.7. The molecule has 2 aromatic heterocycles. The number of furan rings is 1. The molecule has 0 unspecified atom stereocenters. The Morgan fingerprint density at radius 2 is 2.12 bits per heavy atom. The standard InChI is InChI=1S/C11H5ClN2O3/c12-6-1-2-10-8(3-6)9-4-7(14(15)16)5-13-11(9)17-10/h1-5H. The van der Waals surface area contributed by atoms with E-state index in [-0.39, 0.29) is 5.69 Å². The molecule has 1 aromatic carbocycles. The van der Waals surface area contributed by atoms with Gasteiger partial charge in [-0.3, -0.25) is 10.1 Å². The minimum atomic E-state index is -0.490. The number of pyridine rings is 1. The van der Waals surface area contributed by atoms with Gasteiger partial charge in [0, 0.05) is 16.5 Å². The van der Waals surface area contributed by atoms with Crippen molar-refractivity contribution in [1.82, 2.24) is 4.98 Å². The summed E-state index contributed by atoms with van der Waals surface area (Å²) >= 11 is 5.88. The molecule has 0 fully saturated rings. The van der Waals surface area contributed by atoms with E-state index in [4.69, 9.17) is 16.0 Å². The van der Waals surface area contributed by atoms with Crippen LogP contribution in [0.1, 0.15) is 0 Å². The van der Waals surface area contributed by atoms with Gasteiger partial charge >= 0.3 is 0 Å². The molecular formula is C11H5ClN2O3. The number of benzene rings is 1. The van der Waals surface area contributed by atoms with Crippen LogP contribution in [-0.4, -0.2) is 9.91 Å². The highest BCUT2D eigenvalue weighted by Crippen LogP contribution is 2.31. The van der Waals surface area contributed by atoms with E-state index in [1.165, 1.54) is 12.3 Å². The zero-order chi connectivity index (χ0) is 12.0. The third kappa shape index (κ3) is 1.52. The van der Waals surface area contributed by atoms with Crippen molar-refractivity contribution in [3.05, 3.63) is 45.6 Å². The van der Waals surface area contributed by atoms with E-state index in [9.17, 15) is 10.1 Å². The van der Waals surface area contributed by atoms with Crippen molar-refractivity contribution in [2.24, 2.45) is 0 Å². The Bertz CT molecular complexity index is 751. The first-order valence-corrected chi connectivity index (χ1v) is 5.15. The summed E-state index contributed by atoms with van der Waals surface area (Å²) in [6, 6.07) is 6.55. The molecule has 0 spiro atoms. The van der Waals surface area contributed by atoms with Gasteiger partial charge in [-0.05, 0) is 18.2 Å². The number of hydrogen-bond donors (Lipinski definition) is 0. The second-order valence-electron chi connectivity index (χ2n) is 3.55. The summed E-state index contributed by atoms with van der Waals surface area (Å²) in [6.07, 6.45) is 1.17. The van der Waals surface area contributed by atoms with Gasteiger partial charge in [-0.15, -0.1) is 0 Å². The van der Waals surface area contributed by atoms with E-state index in [0.29, 0.717) is 21.7 Å². The topological polar surface area (TPSA) is 69.2 Å². The van der Waals surface area contributed by atoms with E-state index in [1.807, 2.05) is 0 Å². The quantitative estimate of drug-likeness (QED) is 0.488. The van der Waals surface area contributed by atoms with Crippen LogP contribution in [0.25, 0.3) is 22.1 Å². The molecule has 0 radical (unpaired) electrons. The Morgan fingerprint density at radius 1 is 1.29 bits per heavy atom. The van der Waals surface area contributed by atoms with Gasteiger partial charge < -0.3 is 4.42 Å². The lowest BCUT2D eigenvalue weighted by Crippen LogP contribution is -1.88. The van der Waals surface area contributed by atoms with Crippen LogP contribution in [0.15, 0.2) is 34.9 Å². The van der Waals surface area contributed by atoms with Crippen molar-refractivity contribution in [3.63, 3.8) is 0 Å². The lowest BCUT2D eigenvalue weighted by molar-refractivity contribution is -0.385. The fraction of sp³-hybridized carbons (Fsp3) is 0. The molecule has 0 saturated heterocycles. The molecule has 0 aliphatic heterocycles. The highest BCUT2D eigenvalue weighted by Gasteiger charge is 2.13. The summed E-state index contributed by atoms with van der Waals surface area (Å²) in [4.78, 5) is 14.1. The smallest absolute Gasteiger partial charge is 0.288 e. The molecule has 3 aromatic rings. The zero-order valence-electron chi connectivity index (χ0n) is 8.38. The Kier molecular flexibility index (Phi) is 2.02. The fourth-order valence-corrected chi connectivity index (χ4v) is 1.89. The maximum absolute atomic E-state index is 10.7. The Balaban J connectivity index is 2.43. The molecule has 5 nitrogen and oxygen atoms in total. The summed E-state index contributed by atoms with van der Waals surface area (Å²) in [5, 5.41) is 12.5. The van der Waals surface area contributed by atoms with Crippen molar-refractivity contribution in [2.75, 3.05) is 0 Å². The van der Waals surface area contributed by atoms with E-state index in [2.05, 4.69) is 4.98 Å². The third-order valence-electron chi connectivity index (χ3n) is 2.49. The number of fused-ring (bicyclic) bond motifs is 3. The largest absolute Gasteiger partial charge is 0.438 e. The van der Waals surface area contributed by atoms with Crippen molar-refractivity contribution < 1.29 is 9.34 Å². The molecule has 3 rings (SSSR count). The monoisotopic (exact) mass is 248 g/mol. The van der Waals surface area contributed by atoms with Crippen LogP contribution >= 0.6 is 11.6 Å². The van der Waals surface area contributed by atoms with Crippen LogP contribution in [0.5, 0.6) is 0 Å². The number of rotatable bonds is 1. The van der Waals surface area contributed by atoms with Crippen molar-refractivity contribution in [3.8, 4) is 0 Å². The Morgan fingerprint density at radius 3 is 2.88 bits per heavy atom. The average Bonchev–Trinajstić information content (AvgIpc) is 2.66. The van der Waals surface area contributed by atoms with Crippen molar-refractivity contribution in [1.29, 1.82) is 0 Å². The molecule has 0 aliphatic rings. The first-order chi connectivity index (χ1) is 8.15. The number of halogens is 1. The number of aromatic nitrogens is 1. The number of hydrogen-bond acceptors (Lipinski definition) is 4. The maximum Gasteiger partial charge on any atom is 0.288 e. The minimum absolute atomic E-state index is 0.0693. The highest BCUT2D eigenvalue weighted by molar-refractivity contribution is 6.31. The summed E-state index contributed by atoms with van der Waals surface area (Å²) < 4.78 is 5.45. The van der Waals surface area contributed by atoms with Gasteiger partial charge in [-0.25, -0.2) is 4.98 Å². The second-order valence-corrected chi connectivity index (χ2v) is 3.98. The molecule has 0 atom stereocenters. The van der Waals surface area contributed by atoms with Gasteiger partial charge in [0.15, 0.2) is 0 Å². The predicted molar refractivity (Wildman–Crippen MR) is 63.2 cm³/mol. The molecule has 0 N–H and O–H groups in total. The molecule has 0 amide bonds. The first kappa shape index (κ1) is 10.0. The lowest BCUT2D eigenvalue weighted by Gasteiger charge is -1.91. The summed E-state index contributed by atoms with van der Waals surface area (Å²) in [6.45, 7) is 0. The van der Waals surface area contributed by atoms with Gasteiger partial charge in [0.25, 0.3) is 5.69 Å². The van der Waals surface area contributed by atoms with Crippen LogP contribution in [0.2, 0.25) is 5.02 Å². The molecule has 84 valence electrons. The number of nitro groups is 1. The normalized spacial score (nSPS) is 11.1. The molecule has 0 saturated carbocycles. The van der Waals surface area contributed by atoms with E-state index >= 15 is 0 Å². The molecule has 0 aliphatic carbocycles. The first-order valence-electron chi connectivity index (χ1n) is 4.77. The Hall–Kier alpha value is -2.14. The molecule has 0 bridgehead atoms. The molecule has 6 heteroatoms. The number of nitrogens with zero attached hydrogens (tertiary/aromatic N) is 2. The second kappa shape index (κ2) is 3.43. The third-order valence-corrected chi connectivity index (χ3v) is 2.72. The van der Waals surface area contributed by atoms with E-state index in [1.54, 1.807) is 18.2 Å². The Labute approximate surface area is 99.8 Å². The van der Waals surface area contributed by atoms with Gasteiger partial charge in [0.05, 0.1) is 10.3 Å². The van der Waals surface area contributed by atoms with Crippen LogP contribution in [0.3, 0.4) is 0 Å². The predicted octanol–water partition coefficient (Wildman–Crippen LogP) is 3.54. The summed E-state index contributed by atoms with van der Waals surface area (Å²) in [5.41, 5.74) is 0.908. The highest BCUT2D eigenvalue weighted by atomic mass is 35.5. The SMILES string of the molecule is O=[N+]([O-])c1cnc2oc3ccc(Cl)cc3c2c1. The van der Waals surface area contributed by atoms with Crippen LogP contribution < -0.4 is 0 Å². The van der Waals surface area contributed by atoms with Crippen LogP contribution in [0.4, 0.5) is 5.69 Å². The lowest BCUT2D eigenvalue weighted by atomic mass is 10.2. The summed E-state index contributed by atoms with van der Waals surface area (Å²) in [7, 11) is 0. The van der Waals surface area contributed by atoms with Gasteiger partial charge in [-0.2, -0.15) is 0 Å². The zero-order valence-corrected chi connectivity index (χ0v) is 9.14. The van der Waals surface area contributed by atoms with E-state index < -0.39 is 4.92 Å². The van der Waals surface area contributed by atoms with Crippen LogP contribution in [0, 0.1) is 10.1 Å². The van der Waals surface area contributed by atoms with Crippen molar-refractivity contribution >= 4 is 39.4 Å². The van der Waals surface area contributed by atoms with Crippen molar-refractivity contribution in [2.45, 2.75) is 0 Å². The molecule has 2 heterocycles. The van der Waals surface area contributed by atoms with Crippen LogP contribution in [-0.2, 0) is 0 Å².